The van der Waals surface area contributed by atoms with Gasteiger partial charge in [-0.25, -0.2) is 0 Å². The standard InChI is InChI=1S/C12H15N/c1-3-11-5-4-6-12(9-11)8-7-10(2)13/h4-6,9-10H,3,13H2,1-2H3. The Balaban J connectivity index is 2.85. The minimum atomic E-state index is -0.0507. The second-order valence-electron chi connectivity index (χ2n) is 3.11. The molecule has 0 saturated carbocycles. The Morgan fingerprint density at radius 1 is 1.46 bits per heavy atom. The van der Waals surface area contributed by atoms with E-state index in [0.717, 1.165) is 12.0 Å². The molecule has 13 heavy (non-hydrogen) atoms. The van der Waals surface area contributed by atoms with Crippen molar-refractivity contribution in [3.8, 4) is 11.8 Å². The van der Waals surface area contributed by atoms with Crippen molar-refractivity contribution in [1.82, 2.24) is 0 Å². The van der Waals surface area contributed by atoms with Gasteiger partial charge in [-0.1, -0.05) is 30.9 Å². The fourth-order valence-corrected chi connectivity index (χ4v) is 1.07. The van der Waals surface area contributed by atoms with Crippen LogP contribution in [0.15, 0.2) is 24.3 Å². The topological polar surface area (TPSA) is 26.0 Å². The van der Waals surface area contributed by atoms with Crippen LogP contribution in [0, 0.1) is 11.8 Å². The summed E-state index contributed by atoms with van der Waals surface area (Å²) in [6.45, 7) is 4.02. The minimum absolute atomic E-state index is 0.0507. The summed E-state index contributed by atoms with van der Waals surface area (Å²) in [6, 6.07) is 8.20. The Kier molecular flexibility index (Phi) is 3.54. The highest BCUT2D eigenvalue weighted by Crippen LogP contribution is 2.04. The lowest BCUT2D eigenvalue weighted by molar-refractivity contribution is 0.959. The predicted octanol–water partition coefficient (Wildman–Crippen LogP) is 1.95. The maximum atomic E-state index is 5.54. The van der Waals surface area contributed by atoms with E-state index in [2.05, 4.69) is 30.9 Å². The maximum Gasteiger partial charge on any atom is 0.0639 e. The Morgan fingerprint density at radius 3 is 2.85 bits per heavy atom. The third-order valence-corrected chi connectivity index (χ3v) is 1.78. The molecule has 0 fully saturated rings. The molecule has 0 radical (unpaired) electrons. The quantitative estimate of drug-likeness (QED) is 0.645. The summed E-state index contributed by atoms with van der Waals surface area (Å²) < 4.78 is 0. The predicted molar refractivity (Wildman–Crippen MR) is 56.3 cm³/mol. The molecule has 0 spiro atoms. The van der Waals surface area contributed by atoms with Gasteiger partial charge in [-0.3, -0.25) is 0 Å². The molecule has 0 heterocycles. The van der Waals surface area contributed by atoms with Gasteiger partial charge in [-0.15, -0.1) is 0 Å². The number of hydrogen-bond acceptors (Lipinski definition) is 1. The van der Waals surface area contributed by atoms with Gasteiger partial charge in [0.2, 0.25) is 0 Å². The second-order valence-corrected chi connectivity index (χ2v) is 3.11. The van der Waals surface area contributed by atoms with Crippen LogP contribution in [0.4, 0.5) is 0 Å². The molecule has 1 aromatic rings. The van der Waals surface area contributed by atoms with Crippen molar-refractivity contribution in [3.05, 3.63) is 35.4 Å². The van der Waals surface area contributed by atoms with Crippen LogP contribution in [-0.2, 0) is 6.42 Å². The highest BCUT2D eigenvalue weighted by atomic mass is 14.6. The molecule has 1 rings (SSSR count). The van der Waals surface area contributed by atoms with E-state index in [1.165, 1.54) is 5.56 Å². The lowest BCUT2D eigenvalue weighted by atomic mass is 10.1. The van der Waals surface area contributed by atoms with E-state index in [1.54, 1.807) is 0 Å². The molecule has 2 N–H and O–H groups in total. The fraction of sp³-hybridized carbons (Fsp3) is 0.333. The highest BCUT2D eigenvalue weighted by molar-refractivity contribution is 5.37. The molecule has 0 aliphatic carbocycles. The molecular weight excluding hydrogens is 158 g/mol. The Labute approximate surface area is 80.0 Å². The van der Waals surface area contributed by atoms with Gasteiger partial charge in [0.1, 0.15) is 0 Å². The van der Waals surface area contributed by atoms with Crippen molar-refractivity contribution in [2.75, 3.05) is 0 Å². The summed E-state index contributed by atoms with van der Waals surface area (Å²) in [4.78, 5) is 0. The van der Waals surface area contributed by atoms with E-state index < -0.39 is 0 Å². The first-order valence-electron chi connectivity index (χ1n) is 4.58. The SMILES string of the molecule is CCc1cccc(C#CC(C)N)c1. The molecule has 0 aliphatic rings. The molecule has 1 aromatic carbocycles. The van der Waals surface area contributed by atoms with Crippen molar-refractivity contribution in [3.63, 3.8) is 0 Å². The Morgan fingerprint density at radius 2 is 2.23 bits per heavy atom. The lowest BCUT2D eigenvalue weighted by Crippen LogP contribution is -2.10. The van der Waals surface area contributed by atoms with Crippen LogP contribution < -0.4 is 5.73 Å². The summed E-state index contributed by atoms with van der Waals surface area (Å²) in [5, 5.41) is 0. The van der Waals surface area contributed by atoms with Crippen LogP contribution in [0.5, 0.6) is 0 Å². The smallest absolute Gasteiger partial charge is 0.0639 e. The third-order valence-electron chi connectivity index (χ3n) is 1.78. The van der Waals surface area contributed by atoms with E-state index in [-0.39, 0.29) is 6.04 Å². The van der Waals surface area contributed by atoms with Gasteiger partial charge in [0.15, 0.2) is 0 Å². The van der Waals surface area contributed by atoms with Gasteiger partial charge in [0.05, 0.1) is 6.04 Å². The van der Waals surface area contributed by atoms with Gasteiger partial charge in [0, 0.05) is 5.56 Å². The molecular formula is C12H15N. The summed E-state index contributed by atoms with van der Waals surface area (Å²) in [6.07, 6.45) is 1.05. The van der Waals surface area contributed by atoms with Crippen LogP contribution in [0.25, 0.3) is 0 Å². The van der Waals surface area contributed by atoms with Gasteiger partial charge in [0.25, 0.3) is 0 Å². The van der Waals surface area contributed by atoms with Crippen molar-refractivity contribution in [2.24, 2.45) is 5.73 Å². The van der Waals surface area contributed by atoms with E-state index >= 15 is 0 Å². The largest absolute Gasteiger partial charge is 0.318 e. The van der Waals surface area contributed by atoms with Crippen LogP contribution in [0.3, 0.4) is 0 Å². The van der Waals surface area contributed by atoms with E-state index in [4.69, 9.17) is 5.73 Å². The molecule has 1 unspecified atom stereocenters. The summed E-state index contributed by atoms with van der Waals surface area (Å²) in [7, 11) is 0. The summed E-state index contributed by atoms with van der Waals surface area (Å²) >= 11 is 0. The lowest BCUT2D eigenvalue weighted by Gasteiger charge is -1.96. The average Bonchev–Trinajstić information content (AvgIpc) is 2.15. The van der Waals surface area contributed by atoms with Gasteiger partial charge >= 0.3 is 0 Å². The molecule has 68 valence electrons. The normalized spacial score (nSPS) is 11.6. The molecule has 0 aliphatic heterocycles. The number of benzene rings is 1. The van der Waals surface area contributed by atoms with E-state index in [0.29, 0.717) is 0 Å². The average molecular weight is 173 g/mol. The van der Waals surface area contributed by atoms with E-state index in [9.17, 15) is 0 Å². The highest BCUT2D eigenvalue weighted by Gasteiger charge is 1.90. The van der Waals surface area contributed by atoms with E-state index in [1.807, 2.05) is 19.1 Å². The summed E-state index contributed by atoms with van der Waals surface area (Å²) in [5.74, 6) is 5.98. The van der Waals surface area contributed by atoms with Crippen LogP contribution in [0.1, 0.15) is 25.0 Å². The third kappa shape index (κ3) is 3.31. The van der Waals surface area contributed by atoms with Crippen molar-refractivity contribution in [2.45, 2.75) is 26.3 Å². The molecule has 0 amide bonds. The zero-order chi connectivity index (χ0) is 9.68. The Bertz CT molecular complexity index is 328. The molecule has 1 nitrogen and oxygen atoms in total. The van der Waals surface area contributed by atoms with Crippen molar-refractivity contribution >= 4 is 0 Å². The Hall–Kier alpha value is -1.26. The van der Waals surface area contributed by atoms with Gasteiger partial charge < -0.3 is 5.73 Å². The molecule has 0 aromatic heterocycles. The van der Waals surface area contributed by atoms with Crippen LogP contribution in [0.2, 0.25) is 0 Å². The number of rotatable bonds is 1. The summed E-state index contributed by atoms with van der Waals surface area (Å²) in [5.41, 5.74) is 7.91. The molecule has 1 heteroatoms. The van der Waals surface area contributed by atoms with Crippen LogP contribution >= 0.6 is 0 Å². The molecule has 1 atom stereocenters. The number of aryl methyl sites for hydroxylation is 1. The van der Waals surface area contributed by atoms with Crippen LogP contribution in [-0.4, -0.2) is 6.04 Å². The zero-order valence-corrected chi connectivity index (χ0v) is 8.17. The monoisotopic (exact) mass is 173 g/mol. The maximum absolute atomic E-state index is 5.54. The van der Waals surface area contributed by atoms with Crippen molar-refractivity contribution < 1.29 is 0 Å². The van der Waals surface area contributed by atoms with Gasteiger partial charge in [-0.05, 0) is 31.0 Å². The fourth-order valence-electron chi connectivity index (χ4n) is 1.07. The minimum Gasteiger partial charge on any atom is -0.318 e. The first-order valence-corrected chi connectivity index (χ1v) is 4.58. The number of nitrogens with two attached hydrogens (primary N) is 1. The second kappa shape index (κ2) is 4.69. The number of hydrogen-bond donors (Lipinski definition) is 1. The van der Waals surface area contributed by atoms with Gasteiger partial charge in [-0.2, -0.15) is 0 Å². The first kappa shape index (κ1) is 9.83. The zero-order valence-electron chi connectivity index (χ0n) is 8.17. The van der Waals surface area contributed by atoms with Crippen molar-refractivity contribution in [1.29, 1.82) is 0 Å². The first-order chi connectivity index (χ1) is 6.22. The molecule has 0 bridgehead atoms. The molecule has 0 saturated heterocycles.